The van der Waals surface area contributed by atoms with Crippen LogP contribution < -0.4 is 10.5 Å². The quantitative estimate of drug-likeness (QED) is 0.801. The van der Waals surface area contributed by atoms with Crippen LogP contribution in [0.4, 0.5) is 5.69 Å². The van der Waals surface area contributed by atoms with E-state index in [4.69, 9.17) is 10.5 Å². The molecule has 0 unspecified atom stereocenters. The molecule has 0 spiro atoms. The van der Waals surface area contributed by atoms with E-state index in [0.29, 0.717) is 22.9 Å². The monoisotopic (exact) mass is 262 g/mol. The second-order valence-corrected chi connectivity index (χ2v) is 5.15. The lowest BCUT2D eigenvalue weighted by atomic mass is 10.1. The van der Waals surface area contributed by atoms with Crippen LogP contribution in [0.1, 0.15) is 36.5 Å². The van der Waals surface area contributed by atoms with Crippen LogP contribution in [0.2, 0.25) is 0 Å². The standard InChI is InChI=1S/C15H22N2O2/c1-3-8-17(10-11-4-5-11)15(18)12-6-7-13(16)14(9-12)19-2/h6-7,9,11H,3-5,8,10,16H2,1-2H3. The number of nitrogens with zero attached hydrogens (tertiary/aromatic N) is 1. The molecule has 0 bridgehead atoms. The predicted molar refractivity (Wildman–Crippen MR) is 76.3 cm³/mol. The molecular formula is C15H22N2O2. The first-order valence-electron chi connectivity index (χ1n) is 6.88. The van der Waals surface area contributed by atoms with Crippen LogP contribution in [-0.4, -0.2) is 31.0 Å². The number of amides is 1. The number of hydrogen-bond donors (Lipinski definition) is 1. The van der Waals surface area contributed by atoms with Gasteiger partial charge in [0.2, 0.25) is 0 Å². The molecular weight excluding hydrogens is 240 g/mol. The molecule has 2 rings (SSSR count). The Labute approximate surface area is 114 Å². The number of anilines is 1. The number of nitrogens with two attached hydrogens (primary N) is 1. The molecule has 1 aromatic rings. The summed E-state index contributed by atoms with van der Waals surface area (Å²) in [6.45, 7) is 3.78. The van der Waals surface area contributed by atoms with Crippen LogP contribution in [0.3, 0.4) is 0 Å². The molecule has 0 aliphatic heterocycles. The molecule has 0 heterocycles. The molecule has 4 heteroatoms. The molecule has 2 N–H and O–H groups in total. The fourth-order valence-corrected chi connectivity index (χ4v) is 2.18. The lowest BCUT2D eigenvalue weighted by Gasteiger charge is -2.22. The SMILES string of the molecule is CCCN(CC1CC1)C(=O)c1ccc(N)c(OC)c1. The van der Waals surface area contributed by atoms with Crippen molar-refractivity contribution >= 4 is 11.6 Å². The molecule has 0 atom stereocenters. The van der Waals surface area contributed by atoms with Crippen molar-refractivity contribution in [3.05, 3.63) is 23.8 Å². The third-order valence-corrected chi connectivity index (χ3v) is 3.44. The van der Waals surface area contributed by atoms with Crippen molar-refractivity contribution in [1.82, 2.24) is 4.90 Å². The Balaban J connectivity index is 2.14. The van der Waals surface area contributed by atoms with E-state index in [1.54, 1.807) is 25.3 Å². The van der Waals surface area contributed by atoms with Gasteiger partial charge in [0.15, 0.2) is 0 Å². The van der Waals surface area contributed by atoms with E-state index in [2.05, 4.69) is 6.92 Å². The zero-order chi connectivity index (χ0) is 13.8. The van der Waals surface area contributed by atoms with E-state index in [9.17, 15) is 4.79 Å². The number of hydrogen-bond acceptors (Lipinski definition) is 3. The van der Waals surface area contributed by atoms with Gasteiger partial charge in [-0.05, 0) is 43.4 Å². The Morgan fingerprint density at radius 3 is 2.79 bits per heavy atom. The van der Waals surface area contributed by atoms with Crippen LogP contribution in [0.25, 0.3) is 0 Å². The third-order valence-electron chi connectivity index (χ3n) is 3.44. The van der Waals surface area contributed by atoms with Crippen molar-refractivity contribution in [2.45, 2.75) is 26.2 Å². The summed E-state index contributed by atoms with van der Waals surface area (Å²) >= 11 is 0. The van der Waals surface area contributed by atoms with Gasteiger partial charge in [-0.3, -0.25) is 4.79 Å². The topological polar surface area (TPSA) is 55.6 Å². The molecule has 4 nitrogen and oxygen atoms in total. The highest BCUT2D eigenvalue weighted by Gasteiger charge is 2.27. The third kappa shape index (κ3) is 3.40. The second kappa shape index (κ2) is 5.95. The summed E-state index contributed by atoms with van der Waals surface area (Å²) in [5, 5.41) is 0. The summed E-state index contributed by atoms with van der Waals surface area (Å²) in [5.74, 6) is 1.34. The molecule has 0 aromatic heterocycles. The van der Waals surface area contributed by atoms with E-state index in [1.165, 1.54) is 12.8 Å². The van der Waals surface area contributed by atoms with Crippen molar-refractivity contribution < 1.29 is 9.53 Å². The highest BCUT2D eigenvalue weighted by atomic mass is 16.5. The van der Waals surface area contributed by atoms with Gasteiger partial charge < -0.3 is 15.4 Å². The van der Waals surface area contributed by atoms with E-state index in [-0.39, 0.29) is 5.91 Å². The first kappa shape index (κ1) is 13.7. The molecule has 0 radical (unpaired) electrons. The Hall–Kier alpha value is -1.71. The normalized spacial score (nSPS) is 14.2. The number of carbonyl (C=O) groups excluding carboxylic acids is 1. The van der Waals surface area contributed by atoms with Crippen LogP contribution >= 0.6 is 0 Å². The van der Waals surface area contributed by atoms with E-state index in [0.717, 1.165) is 19.5 Å². The van der Waals surface area contributed by atoms with Gasteiger partial charge in [0.25, 0.3) is 5.91 Å². The minimum absolute atomic E-state index is 0.0760. The maximum Gasteiger partial charge on any atom is 0.253 e. The molecule has 1 aliphatic carbocycles. The van der Waals surface area contributed by atoms with Gasteiger partial charge in [0, 0.05) is 18.7 Å². The Morgan fingerprint density at radius 1 is 1.47 bits per heavy atom. The number of nitrogen functional groups attached to an aromatic ring is 1. The molecule has 19 heavy (non-hydrogen) atoms. The van der Waals surface area contributed by atoms with Gasteiger partial charge in [-0.25, -0.2) is 0 Å². The maximum absolute atomic E-state index is 12.5. The smallest absolute Gasteiger partial charge is 0.253 e. The van der Waals surface area contributed by atoms with Crippen LogP contribution in [0.5, 0.6) is 5.75 Å². The summed E-state index contributed by atoms with van der Waals surface area (Å²) in [6.07, 6.45) is 3.47. The highest BCUT2D eigenvalue weighted by molar-refractivity contribution is 5.95. The Morgan fingerprint density at radius 2 is 2.21 bits per heavy atom. The number of ether oxygens (including phenoxy) is 1. The Bertz CT molecular complexity index is 455. The predicted octanol–water partition coefficient (Wildman–Crippen LogP) is 2.54. The van der Waals surface area contributed by atoms with E-state index in [1.807, 2.05) is 4.90 Å². The minimum atomic E-state index is 0.0760. The first-order chi connectivity index (χ1) is 9.15. The number of rotatable bonds is 6. The molecule has 104 valence electrons. The van der Waals surface area contributed by atoms with Crippen molar-refractivity contribution in [3.63, 3.8) is 0 Å². The lowest BCUT2D eigenvalue weighted by Crippen LogP contribution is -2.33. The molecule has 1 aliphatic rings. The van der Waals surface area contributed by atoms with Crippen molar-refractivity contribution in [3.8, 4) is 5.75 Å². The van der Waals surface area contributed by atoms with Gasteiger partial charge >= 0.3 is 0 Å². The van der Waals surface area contributed by atoms with Crippen molar-refractivity contribution in [1.29, 1.82) is 0 Å². The van der Waals surface area contributed by atoms with Crippen LogP contribution in [-0.2, 0) is 0 Å². The van der Waals surface area contributed by atoms with Gasteiger partial charge in [-0.2, -0.15) is 0 Å². The summed E-state index contributed by atoms with van der Waals surface area (Å²) in [4.78, 5) is 14.5. The van der Waals surface area contributed by atoms with Gasteiger partial charge in [-0.15, -0.1) is 0 Å². The second-order valence-electron chi connectivity index (χ2n) is 5.15. The lowest BCUT2D eigenvalue weighted by molar-refractivity contribution is 0.0747. The first-order valence-corrected chi connectivity index (χ1v) is 6.88. The van der Waals surface area contributed by atoms with Gasteiger partial charge in [0.1, 0.15) is 5.75 Å². The van der Waals surface area contributed by atoms with Gasteiger partial charge in [-0.1, -0.05) is 6.92 Å². The zero-order valence-corrected chi connectivity index (χ0v) is 11.7. The minimum Gasteiger partial charge on any atom is -0.495 e. The number of methoxy groups -OCH3 is 1. The average molecular weight is 262 g/mol. The molecule has 1 saturated carbocycles. The molecule has 1 aromatic carbocycles. The average Bonchev–Trinajstić information content (AvgIpc) is 3.22. The summed E-state index contributed by atoms with van der Waals surface area (Å²) in [7, 11) is 1.56. The van der Waals surface area contributed by atoms with Crippen LogP contribution in [0, 0.1) is 5.92 Å². The fourth-order valence-electron chi connectivity index (χ4n) is 2.18. The number of benzene rings is 1. The summed E-state index contributed by atoms with van der Waals surface area (Å²) in [5.41, 5.74) is 6.99. The van der Waals surface area contributed by atoms with E-state index < -0.39 is 0 Å². The molecule has 0 saturated heterocycles. The largest absolute Gasteiger partial charge is 0.495 e. The van der Waals surface area contributed by atoms with Crippen LogP contribution in [0.15, 0.2) is 18.2 Å². The maximum atomic E-state index is 12.5. The fraction of sp³-hybridized carbons (Fsp3) is 0.533. The van der Waals surface area contributed by atoms with Gasteiger partial charge in [0.05, 0.1) is 12.8 Å². The zero-order valence-electron chi connectivity index (χ0n) is 11.7. The van der Waals surface area contributed by atoms with Crippen molar-refractivity contribution in [2.75, 3.05) is 25.9 Å². The summed E-state index contributed by atoms with van der Waals surface area (Å²) < 4.78 is 5.17. The molecule has 1 fully saturated rings. The van der Waals surface area contributed by atoms with E-state index >= 15 is 0 Å². The highest BCUT2D eigenvalue weighted by Crippen LogP contribution is 2.30. The molecule has 1 amide bonds. The summed E-state index contributed by atoms with van der Waals surface area (Å²) in [6, 6.07) is 5.23. The number of carbonyl (C=O) groups is 1. The Kier molecular flexibility index (Phi) is 4.30. The van der Waals surface area contributed by atoms with Crippen molar-refractivity contribution in [2.24, 2.45) is 5.92 Å².